The molecule has 7 nitrogen and oxygen atoms in total. The number of para-hydroxylation sites is 1. The van der Waals surface area contributed by atoms with Crippen LogP contribution >= 0.6 is 11.3 Å². The largest absolute Gasteiger partial charge is 0.497 e. The summed E-state index contributed by atoms with van der Waals surface area (Å²) in [5, 5.41) is 13.7. The molecule has 0 saturated heterocycles. The van der Waals surface area contributed by atoms with Gasteiger partial charge in [0.1, 0.15) is 10.6 Å². The highest BCUT2D eigenvalue weighted by atomic mass is 32.1. The van der Waals surface area contributed by atoms with E-state index < -0.39 is 0 Å². The molecule has 3 N–H and O–H groups in total. The second-order valence-corrected chi connectivity index (χ2v) is 8.28. The molecule has 0 bridgehead atoms. The van der Waals surface area contributed by atoms with Gasteiger partial charge in [-0.1, -0.05) is 38.1 Å². The van der Waals surface area contributed by atoms with Gasteiger partial charge in [0, 0.05) is 11.3 Å². The van der Waals surface area contributed by atoms with Crippen molar-refractivity contribution < 1.29 is 14.3 Å². The first-order chi connectivity index (χ1) is 15.5. The summed E-state index contributed by atoms with van der Waals surface area (Å²) in [6.45, 7) is 4.14. The van der Waals surface area contributed by atoms with Crippen LogP contribution in [0.25, 0.3) is 10.2 Å². The molecule has 164 valence electrons. The molecule has 8 heteroatoms. The van der Waals surface area contributed by atoms with Crippen molar-refractivity contribution in [3.05, 3.63) is 70.1 Å². The third-order valence-corrected chi connectivity index (χ3v) is 6.32. The van der Waals surface area contributed by atoms with E-state index in [-0.39, 0.29) is 11.8 Å². The number of fused-ring (bicyclic) bond motifs is 1. The van der Waals surface area contributed by atoms with Crippen LogP contribution < -0.4 is 15.4 Å². The molecule has 0 radical (unpaired) electrons. The Balaban J connectivity index is 1.57. The molecule has 0 aliphatic rings. The molecule has 2 aromatic carbocycles. The predicted molar refractivity (Wildman–Crippen MR) is 128 cm³/mol. The van der Waals surface area contributed by atoms with Gasteiger partial charge in [0.2, 0.25) is 0 Å². The first kappa shape index (κ1) is 21.6. The van der Waals surface area contributed by atoms with E-state index in [9.17, 15) is 9.59 Å². The highest BCUT2D eigenvalue weighted by molar-refractivity contribution is 7.20. The number of H-pyrrole nitrogens is 1. The number of benzene rings is 2. The third-order valence-electron chi connectivity index (χ3n) is 5.28. The summed E-state index contributed by atoms with van der Waals surface area (Å²) >= 11 is 1.30. The second-order valence-electron chi connectivity index (χ2n) is 7.22. The van der Waals surface area contributed by atoms with Crippen LogP contribution in [0.2, 0.25) is 0 Å². The van der Waals surface area contributed by atoms with Crippen molar-refractivity contribution in [1.29, 1.82) is 0 Å². The summed E-state index contributed by atoms with van der Waals surface area (Å²) in [5.41, 5.74) is 3.54. The monoisotopic (exact) mass is 448 g/mol. The van der Waals surface area contributed by atoms with Crippen LogP contribution in [0.15, 0.2) is 48.5 Å². The Morgan fingerprint density at radius 2 is 1.72 bits per heavy atom. The number of carbonyl (C=O) groups is 2. The molecule has 2 amide bonds. The molecule has 0 aliphatic heterocycles. The van der Waals surface area contributed by atoms with Crippen molar-refractivity contribution in [2.45, 2.75) is 26.7 Å². The molecule has 0 unspecified atom stereocenters. The molecule has 0 atom stereocenters. The minimum absolute atomic E-state index is 0.180. The summed E-state index contributed by atoms with van der Waals surface area (Å²) in [7, 11) is 1.55. The highest BCUT2D eigenvalue weighted by Crippen LogP contribution is 2.31. The van der Waals surface area contributed by atoms with Gasteiger partial charge >= 0.3 is 0 Å². The lowest BCUT2D eigenvalue weighted by Crippen LogP contribution is -2.14. The van der Waals surface area contributed by atoms with E-state index in [0.29, 0.717) is 27.4 Å². The zero-order valence-corrected chi connectivity index (χ0v) is 18.9. The van der Waals surface area contributed by atoms with Gasteiger partial charge in [-0.15, -0.1) is 11.3 Å². The van der Waals surface area contributed by atoms with Crippen LogP contribution in [0.5, 0.6) is 5.75 Å². The molecule has 4 aromatic rings. The number of thiophene rings is 1. The van der Waals surface area contributed by atoms with Crippen LogP contribution in [0.4, 0.5) is 11.5 Å². The van der Waals surface area contributed by atoms with Crippen molar-refractivity contribution in [2.75, 3.05) is 17.7 Å². The van der Waals surface area contributed by atoms with Gasteiger partial charge in [0.25, 0.3) is 11.8 Å². The van der Waals surface area contributed by atoms with Crippen molar-refractivity contribution in [1.82, 2.24) is 10.2 Å². The van der Waals surface area contributed by atoms with Crippen LogP contribution in [0, 0.1) is 0 Å². The van der Waals surface area contributed by atoms with Gasteiger partial charge in [0.15, 0.2) is 5.82 Å². The van der Waals surface area contributed by atoms with Gasteiger partial charge in [-0.05, 0) is 48.2 Å². The zero-order chi connectivity index (χ0) is 22.7. The lowest BCUT2D eigenvalue weighted by molar-refractivity contribution is 0.102. The highest BCUT2D eigenvalue weighted by Gasteiger charge is 2.19. The fraction of sp³-hybridized carbons (Fsp3) is 0.208. The number of methoxy groups -OCH3 is 1. The zero-order valence-electron chi connectivity index (χ0n) is 18.1. The van der Waals surface area contributed by atoms with Crippen LogP contribution in [-0.4, -0.2) is 29.1 Å². The lowest BCUT2D eigenvalue weighted by Gasteiger charge is -2.13. The van der Waals surface area contributed by atoms with Crippen LogP contribution in [0.3, 0.4) is 0 Å². The first-order valence-electron chi connectivity index (χ1n) is 10.4. The molecule has 0 aliphatic carbocycles. The first-order valence-corrected chi connectivity index (χ1v) is 11.2. The van der Waals surface area contributed by atoms with Crippen molar-refractivity contribution >= 4 is 44.9 Å². The standard InChI is InChI=1S/C24H24N4O3S/c1-4-14-8-6-9-15(5-2)20(14)25-23(30)19-13-18-21(27-28-24(18)32-19)26-22(29)16-10-7-11-17(12-16)31-3/h6-13H,4-5H2,1-3H3,(H,25,30)(H2,26,27,28,29). The summed E-state index contributed by atoms with van der Waals surface area (Å²) in [4.78, 5) is 26.9. The number of anilines is 2. The number of nitrogens with zero attached hydrogens (tertiary/aromatic N) is 1. The van der Waals surface area contributed by atoms with E-state index in [1.807, 2.05) is 18.2 Å². The summed E-state index contributed by atoms with van der Waals surface area (Å²) in [6, 6.07) is 14.7. The molecule has 4 rings (SSSR count). The number of aromatic nitrogens is 2. The van der Waals surface area contributed by atoms with E-state index in [1.54, 1.807) is 37.4 Å². The Kier molecular flexibility index (Phi) is 6.23. The maximum Gasteiger partial charge on any atom is 0.265 e. The van der Waals surface area contributed by atoms with Gasteiger partial charge in [-0.3, -0.25) is 14.7 Å². The van der Waals surface area contributed by atoms with Gasteiger partial charge in [-0.25, -0.2) is 0 Å². The number of aryl methyl sites for hydroxylation is 2. The third kappa shape index (κ3) is 4.22. The number of aromatic amines is 1. The molecular formula is C24H24N4O3S. The molecule has 2 aromatic heterocycles. The average Bonchev–Trinajstić information content (AvgIpc) is 3.41. The van der Waals surface area contributed by atoms with Gasteiger partial charge in [-0.2, -0.15) is 5.10 Å². The lowest BCUT2D eigenvalue weighted by atomic mass is 10.0. The van der Waals surface area contributed by atoms with Crippen LogP contribution in [0.1, 0.15) is 45.0 Å². The topological polar surface area (TPSA) is 96.1 Å². The van der Waals surface area contributed by atoms with Gasteiger partial charge < -0.3 is 15.4 Å². The number of carbonyl (C=O) groups excluding carboxylic acids is 2. The van der Waals surface area contributed by atoms with E-state index in [2.05, 4.69) is 34.7 Å². The number of nitrogens with one attached hydrogen (secondary N) is 3. The van der Waals surface area contributed by atoms with Gasteiger partial charge in [0.05, 0.1) is 17.4 Å². The Morgan fingerprint density at radius 3 is 2.41 bits per heavy atom. The molecular weight excluding hydrogens is 424 g/mol. The Bertz CT molecular complexity index is 1270. The fourth-order valence-corrected chi connectivity index (χ4v) is 4.44. The fourth-order valence-electron chi connectivity index (χ4n) is 3.55. The maximum absolute atomic E-state index is 13.0. The van der Waals surface area contributed by atoms with E-state index >= 15 is 0 Å². The molecule has 0 saturated carbocycles. The molecule has 2 heterocycles. The maximum atomic E-state index is 13.0. The second kappa shape index (κ2) is 9.23. The molecule has 0 fully saturated rings. The Labute approximate surface area is 189 Å². The normalized spacial score (nSPS) is 10.8. The number of ether oxygens (including phenoxy) is 1. The Morgan fingerprint density at radius 1 is 1.00 bits per heavy atom. The van der Waals surface area contributed by atoms with E-state index in [0.717, 1.165) is 34.5 Å². The SMILES string of the molecule is CCc1cccc(CC)c1NC(=O)c1cc2c(NC(=O)c3cccc(OC)c3)n[nH]c2s1. The van der Waals surface area contributed by atoms with E-state index in [1.165, 1.54) is 11.3 Å². The minimum Gasteiger partial charge on any atom is -0.497 e. The summed E-state index contributed by atoms with van der Waals surface area (Å²) in [6.07, 6.45) is 1.66. The predicted octanol–water partition coefficient (Wildman–Crippen LogP) is 5.26. The van der Waals surface area contributed by atoms with Crippen LogP contribution in [-0.2, 0) is 12.8 Å². The number of amides is 2. The summed E-state index contributed by atoms with van der Waals surface area (Å²) in [5.74, 6) is 0.490. The van der Waals surface area contributed by atoms with Crippen molar-refractivity contribution in [3.8, 4) is 5.75 Å². The quantitative estimate of drug-likeness (QED) is 0.359. The van der Waals surface area contributed by atoms with Crippen molar-refractivity contribution in [2.24, 2.45) is 0 Å². The number of rotatable bonds is 7. The minimum atomic E-state index is -0.307. The van der Waals surface area contributed by atoms with Crippen molar-refractivity contribution in [3.63, 3.8) is 0 Å². The smallest absolute Gasteiger partial charge is 0.265 e. The van der Waals surface area contributed by atoms with E-state index in [4.69, 9.17) is 4.74 Å². The Hall–Kier alpha value is -3.65. The number of hydrogen-bond acceptors (Lipinski definition) is 5. The molecule has 0 spiro atoms. The molecule has 32 heavy (non-hydrogen) atoms. The summed E-state index contributed by atoms with van der Waals surface area (Å²) < 4.78 is 5.18. The number of hydrogen-bond donors (Lipinski definition) is 3. The average molecular weight is 449 g/mol.